The van der Waals surface area contributed by atoms with Crippen LogP contribution in [0.1, 0.15) is 26.2 Å². The molecule has 130 valence electrons. The number of anilines is 1. The monoisotopic (exact) mass is 380 g/mol. The van der Waals surface area contributed by atoms with Gasteiger partial charge in [0.2, 0.25) is 15.9 Å². The normalized spacial score (nSPS) is 11.3. The fourth-order valence-electron chi connectivity index (χ4n) is 2.06. The Kier molecular flexibility index (Phi) is 7.64. The highest BCUT2D eigenvalue weighted by Crippen LogP contribution is 2.30. The van der Waals surface area contributed by atoms with Crippen molar-refractivity contribution in [1.29, 1.82) is 0 Å². The van der Waals surface area contributed by atoms with Gasteiger partial charge in [0, 0.05) is 31.6 Å². The second-order valence-corrected chi connectivity index (χ2v) is 8.10. The standard InChI is InChI=1S/C15H22Cl2N2O3S/c1-4-5-9-18(2)15(20)8-10-19(23(3,21)22)14-7-6-12(16)11-13(14)17/h6-7,11H,4-5,8-10H2,1-3H3. The molecule has 0 saturated heterocycles. The zero-order valence-electron chi connectivity index (χ0n) is 13.6. The first-order valence-corrected chi connectivity index (χ1v) is 9.94. The van der Waals surface area contributed by atoms with E-state index in [-0.39, 0.29) is 23.9 Å². The minimum absolute atomic E-state index is 0.0372. The average molecular weight is 381 g/mol. The molecule has 1 amide bonds. The van der Waals surface area contributed by atoms with Crippen LogP contribution in [-0.2, 0) is 14.8 Å². The van der Waals surface area contributed by atoms with Crippen molar-refractivity contribution in [3.63, 3.8) is 0 Å². The van der Waals surface area contributed by atoms with E-state index in [1.807, 2.05) is 6.92 Å². The molecule has 23 heavy (non-hydrogen) atoms. The SMILES string of the molecule is CCCCN(C)C(=O)CCN(c1ccc(Cl)cc1Cl)S(C)(=O)=O. The van der Waals surface area contributed by atoms with Crippen LogP contribution in [0.5, 0.6) is 0 Å². The maximum Gasteiger partial charge on any atom is 0.232 e. The Labute approximate surface area is 148 Å². The summed E-state index contributed by atoms with van der Waals surface area (Å²) < 4.78 is 25.2. The molecule has 1 aromatic rings. The highest BCUT2D eigenvalue weighted by atomic mass is 35.5. The number of amides is 1. The summed E-state index contributed by atoms with van der Waals surface area (Å²) in [6.07, 6.45) is 3.09. The van der Waals surface area contributed by atoms with Crippen molar-refractivity contribution >= 4 is 44.8 Å². The van der Waals surface area contributed by atoms with Crippen molar-refractivity contribution in [2.45, 2.75) is 26.2 Å². The summed E-state index contributed by atoms with van der Waals surface area (Å²) in [5.74, 6) is -0.0998. The van der Waals surface area contributed by atoms with Gasteiger partial charge in [-0.25, -0.2) is 8.42 Å². The Morgan fingerprint density at radius 3 is 2.39 bits per heavy atom. The molecule has 0 saturated carbocycles. The van der Waals surface area contributed by atoms with E-state index in [0.29, 0.717) is 17.3 Å². The number of benzene rings is 1. The number of carbonyl (C=O) groups excluding carboxylic acids is 1. The van der Waals surface area contributed by atoms with Crippen LogP contribution in [0.15, 0.2) is 18.2 Å². The summed E-state index contributed by atoms with van der Waals surface area (Å²) in [7, 11) is -1.84. The Morgan fingerprint density at radius 1 is 1.22 bits per heavy atom. The molecule has 0 N–H and O–H groups in total. The first-order chi connectivity index (χ1) is 10.7. The number of halogens is 2. The molecule has 5 nitrogen and oxygen atoms in total. The minimum atomic E-state index is -3.56. The second kappa shape index (κ2) is 8.76. The number of rotatable bonds is 8. The molecule has 0 atom stereocenters. The van der Waals surface area contributed by atoms with Crippen molar-refractivity contribution in [3.05, 3.63) is 28.2 Å². The molecule has 8 heteroatoms. The molecule has 0 aliphatic carbocycles. The van der Waals surface area contributed by atoms with Crippen LogP contribution in [-0.4, -0.2) is 45.6 Å². The van der Waals surface area contributed by atoms with Crippen molar-refractivity contribution < 1.29 is 13.2 Å². The third-order valence-electron chi connectivity index (χ3n) is 3.38. The predicted octanol–water partition coefficient (Wildman–Crippen LogP) is 3.41. The molecule has 1 rings (SSSR count). The van der Waals surface area contributed by atoms with E-state index in [1.165, 1.54) is 12.1 Å². The molecule has 0 heterocycles. The van der Waals surface area contributed by atoms with Gasteiger partial charge in [0.15, 0.2) is 0 Å². The van der Waals surface area contributed by atoms with Crippen molar-refractivity contribution in [2.75, 3.05) is 30.7 Å². The van der Waals surface area contributed by atoms with Gasteiger partial charge in [-0.2, -0.15) is 0 Å². The van der Waals surface area contributed by atoms with Gasteiger partial charge >= 0.3 is 0 Å². The summed E-state index contributed by atoms with van der Waals surface area (Å²) >= 11 is 11.9. The summed E-state index contributed by atoms with van der Waals surface area (Å²) in [6.45, 7) is 2.75. The van der Waals surface area contributed by atoms with E-state index in [2.05, 4.69) is 0 Å². The Hall–Kier alpha value is -0.980. The number of hydrogen-bond acceptors (Lipinski definition) is 3. The molecule has 0 fully saturated rings. The molecule has 0 radical (unpaired) electrons. The van der Waals surface area contributed by atoms with Crippen molar-refractivity contribution in [1.82, 2.24) is 4.90 Å². The first kappa shape index (κ1) is 20.1. The van der Waals surface area contributed by atoms with Gasteiger partial charge < -0.3 is 4.90 Å². The Morgan fingerprint density at radius 2 is 1.87 bits per heavy atom. The molecule has 0 aliphatic rings. The lowest BCUT2D eigenvalue weighted by molar-refractivity contribution is -0.129. The van der Waals surface area contributed by atoms with Crippen LogP contribution in [0.2, 0.25) is 10.0 Å². The topological polar surface area (TPSA) is 57.7 Å². The van der Waals surface area contributed by atoms with E-state index in [9.17, 15) is 13.2 Å². The number of unbranched alkanes of at least 4 members (excludes halogenated alkanes) is 1. The smallest absolute Gasteiger partial charge is 0.232 e. The lowest BCUT2D eigenvalue weighted by Crippen LogP contribution is -2.35. The van der Waals surface area contributed by atoms with E-state index in [1.54, 1.807) is 18.0 Å². The highest BCUT2D eigenvalue weighted by molar-refractivity contribution is 7.92. The van der Waals surface area contributed by atoms with Gasteiger partial charge in [-0.1, -0.05) is 36.5 Å². The van der Waals surface area contributed by atoms with Gasteiger partial charge in [-0.05, 0) is 24.6 Å². The van der Waals surface area contributed by atoms with Gasteiger partial charge in [0.05, 0.1) is 17.0 Å². The van der Waals surface area contributed by atoms with Crippen LogP contribution >= 0.6 is 23.2 Å². The van der Waals surface area contributed by atoms with Crippen LogP contribution in [0.3, 0.4) is 0 Å². The maximum absolute atomic E-state index is 12.1. The first-order valence-electron chi connectivity index (χ1n) is 7.33. The minimum Gasteiger partial charge on any atom is -0.346 e. The molecule has 0 spiro atoms. The zero-order chi connectivity index (χ0) is 17.6. The molecule has 0 bridgehead atoms. The fourth-order valence-corrected chi connectivity index (χ4v) is 3.56. The number of hydrogen-bond donors (Lipinski definition) is 0. The van der Waals surface area contributed by atoms with Gasteiger partial charge in [-0.3, -0.25) is 9.10 Å². The fraction of sp³-hybridized carbons (Fsp3) is 0.533. The van der Waals surface area contributed by atoms with Crippen molar-refractivity contribution in [2.24, 2.45) is 0 Å². The summed E-state index contributed by atoms with van der Waals surface area (Å²) in [5.41, 5.74) is 0.322. The molecule has 1 aromatic carbocycles. The average Bonchev–Trinajstić information content (AvgIpc) is 2.45. The predicted molar refractivity (Wildman–Crippen MR) is 95.8 cm³/mol. The van der Waals surface area contributed by atoms with E-state index in [4.69, 9.17) is 23.2 Å². The zero-order valence-corrected chi connectivity index (χ0v) is 15.9. The molecular weight excluding hydrogens is 359 g/mol. The van der Waals surface area contributed by atoms with Crippen LogP contribution in [0.4, 0.5) is 5.69 Å². The quantitative estimate of drug-likeness (QED) is 0.694. The van der Waals surface area contributed by atoms with E-state index >= 15 is 0 Å². The largest absolute Gasteiger partial charge is 0.346 e. The summed E-state index contributed by atoms with van der Waals surface area (Å²) in [6, 6.07) is 4.58. The third-order valence-corrected chi connectivity index (χ3v) is 5.10. The maximum atomic E-state index is 12.1. The van der Waals surface area contributed by atoms with Crippen LogP contribution < -0.4 is 4.31 Å². The lowest BCUT2D eigenvalue weighted by atomic mass is 10.3. The second-order valence-electron chi connectivity index (χ2n) is 5.35. The highest BCUT2D eigenvalue weighted by Gasteiger charge is 2.22. The van der Waals surface area contributed by atoms with E-state index < -0.39 is 10.0 Å². The number of sulfonamides is 1. The molecular formula is C15H22Cl2N2O3S. The van der Waals surface area contributed by atoms with Crippen LogP contribution in [0, 0.1) is 0 Å². The van der Waals surface area contributed by atoms with Gasteiger partial charge in [0.1, 0.15) is 0 Å². The molecule has 0 aromatic heterocycles. The Bertz CT molecular complexity index is 650. The lowest BCUT2D eigenvalue weighted by Gasteiger charge is -2.24. The van der Waals surface area contributed by atoms with Gasteiger partial charge in [-0.15, -0.1) is 0 Å². The number of carbonyl (C=O) groups is 1. The summed E-state index contributed by atoms with van der Waals surface area (Å²) in [5, 5.41) is 0.650. The molecule has 0 unspecified atom stereocenters. The molecule has 0 aliphatic heterocycles. The third kappa shape index (κ3) is 6.20. The van der Waals surface area contributed by atoms with Crippen LogP contribution in [0.25, 0.3) is 0 Å². The summed E-state index contributed by atoms with van der Waals surface area (Å²) in [4.78, 5) is 13.7. The van der Waals surface area contributed by atoms with Crippen molar-refractivity contribution in [3.8, 4) is 0 Å². The Balaban J connectivity index is 2.87. The number of nitrogens with zero attached hydrogens (tertiary/aromatic N) is 2. The van der Waals surface area contributed by atoms with Gasteiger partial charge in [0.25, 0.3) is 0 Å². The van der Waals surface area contributed by atoms with E-state index in [0.717, 1.165) is 23.4 Å².